The Morgan fingerprint density at radius 3 is 2.68 bits per heavy atom. The van der Waals surface area contributed by atoms with Crippen LogP contribution < -0.4 is 0 Å². The molecule has 0 bridgehead atoms. The van der Waals surface area contributed by atoms with Crippen molar-refractivity contribution in [1.29, 1.82) is 0 Å². The first-order valence-corrected chi connectivity index (χ1v) is 8.53. The van der Waals surface area contributed by atoms with Crippen LogP contribution in [0.5, 0.6) is 0 Å². The van der Waals surface area contributed by atoms with E-state index in [0.29, 0.717) is 17.8 Å². The molecule has 2 fully saturated rings. The number of aliphatic carboxylic acids is 1. The number of carboxylic acids is 1. The molecule has 1 aliphatic carbocycles. The Morgan fingerprint density at radius 2 is 2.09 bits per heavy atom. The topological polar surface area (TPSA) is 40.5 Å². The van der Waals surface area contributed by atoms with Gasteiger partial charge in [0.2, 0.25) is 0 Å². The Kier molecular flexibility index (Phi) is 4.26. The van der Waals surface area contributed by atoms with E-state index < -0.39 is 11.4 Å². The molecule has 1 aromatic carbocycles. The summed E-state index contributed by atoms with van der Waals surface area (Å²) >= 11 is 0. The lowest BCUT2D eigenvalue weighted by Gasteiger charge is -2.28. The smallest absolute Gasteiger partial charge is 0.311 e. The van der Waals surface area contributed by atoms with E-state index in [1.54, 1.807) is 0 Å². The second-order valence-electron chi connectivity index (χ2n) is 7.51. The maximum Gasteiger partial charge on any atom is 0.311 e. The Hall–Kier alpha value is -1.35. The molecule has 0 amide bonds. The lowest BCUT2D eigenvalue weighted by atomic mass is 9.81. The Bertz CT molecular complexity index is 527. The Labute approximate surface area is 133 Å². The van der Waals surface area contributed by atoms with E-state index in [9.17, 15) is 9.90 Å². The number of nitrogens with zero attached hydrogens (tertiary/aromatic N) is 1. The number of fused-ring (bicyclic) bond motifs is 1. The van der Waals surface area contributed by atoms with Gasteiger partial charge in [-0.05, 0) is 36.2 Å². The molecule has 120 valence electrons. The van der Waals surface area contributed by atoms with Gasteiger partial charge in [-0.3, -0.25) is 4.79 Å². The van der Waals surface area contributed by atoms with Crippen LogP contribution in [-0.2, 0) is 4.79 Å². The molecule has 1 N–H and O–H groups in total. The van der Waals surface area contributed by atoms with Gasteiger partial charge in [0.1, 0.15) is 0 Å². The van der Waals surface area contributed by atoms with Gasteiger partial charge in [-0.15, -0.1) is 0 Å². The van der Waals surface area contributed by atoms with Crippen molar-refractivity contribution in [3.63, 3.8) is 0 Å². The van der Waals surface area contributed by atoms with E-state index in [-0.39, 0.29) is 0 Å². The van der Waals surface area contributed by atoms with Crippen molar-refractivity contribution < 1.29 is 9.90 Å². The first-order chi connectivity index (χ1) is 10.5. The van der Waals surface area contributed by atoms with Crippen LogP contribution in [0, 0.1) is 17.3 Å². The lowest BCUT2D eigenvalue weighted by molar-refractivity contribution is -0.149. The molecule has 1 aliphatic heterocycles. The molecule has 0 aromatic heterocycles. The molecular formula is C19H27NO2. The van der Waals surface area contributed by atoms with Crippen molar-refractivity contribution in [3.05, 3.63) is 35.9 Å². The molecule has 3 atom stereocenters. The summed E-state index contributed by atoms with van der Waals surface area (Å²) in [7, 11) is 0. The third-order valence-electron chi connectivity index (χ3n) is 5.85. The monoisotopic (exact) mass is 301 g/mol. The zero-order chi connectivity index (χ0) is 15.7. The molecular weight excluding hydrogens is 274 g/mol. The molecule has 0 radical (unpaired) electrons. The molecule has 22 heavy (non-hydrogen) atoms. The molecule has 1 aromatic rings. The number of benzene rings is 1. The standard InChI is InChI=1S/C19H27NO2/c1-14(2)17(15-7-4-3-5-8-15)12-20-11-16-9-6-10-19(16,13-20)18(21)22/h3-5,7-8,14,16-17H,6,9-13H2,1-2H3,(H,21,22)/t16-,17?,19+/m0/s1. The van der Waals surface area contributed by atoms with E-state index in [1.807, 2.05) is 0 Å². The average Bonchev–Trinajstić information content (AvgIpc) is 3.03. The molecule has 1 heterocycles. The molecule has 2 aliphatic rings. The number of carboxylic acid groups (broad SMARTS) is 1. The molecule has 1 unspecified atom stereocenters. The first kappa shape index (κ1) is 15.5. The van der Waals surface area contributed by atoms with Crippen LogP contribution in [0.2, 0.25) is 0 Å². The summed E-state index contributed by atoms with van der Waals surface area (Å²) in [5, 5.41) is 9.73. The largest absolute Gasteiger partial charge is 0.481 e. The second kappa shape index (κ2) is 6.04. The van der Waals surface area contributed by atoms with Crippen molar-refractivity contribution in [1.82, 2.24) is 4.90 Å². The molecule has 3 heteroatoms. The minimum absolute atomic E-state index is 0.355. The Morgan fingerprint density at radius 1 is 1.36 bits per heavy atom. The molecule has 0 spiro atoms. The van der Waals surface area contributed by atoms with Gasteiger partial charge in [0.25, 0.3) is 0 Å². The van der Waals surface area contributed by atoms with Crippen LogP contribution in [0.4, 0.5) is 0 Å². The lowest BCUT2D eigenvalue weighted by Crippen LogP contribution is -2.36. The minimum Gasteiger partial charge on any atom is -0.481 e. The van der Waals surface area contributed by atoms with Crippen molar-refractivity contribution in [2.24, 2.45) is 17.3 Å². The highest BCUT2D eigenvalue weighted by Crippen LogP contribution is 2.49. The summed E-state index contributed by atoms with van der Waals surface area (Å²) in [6, 6.07) is 10.7. The summed E-state index contributed by atoms with van der Waals surface area (Å²) in [5.74, 6) is 0.821. The molecule has 1 saturated heterocycles. The molecule has 3 nitrogen and oxygen atoms in total. The van der Waals surface area contributed by atoms with Gasteiger partial charge in [-0.25, -0.2) is 0 Å². The summed E-state index contributed by atoms with van der Waals surface area (Å²) < 4.78 is 0. The van der Waals surface area contributed by atoms with E-state index in [4.69, 9.17) is 0 Å². The van der Waals surface area contributed by atoms with Gasteiger partial charge in [-0.1, -0.05) is 50.6 Å². The van der Waals surface area contributed by atoms with Gasteiger partial charge in [-0.2, -0.15) is 0 Å². The number of carbonyl (C=O) groups is 1. The summed E-state index contributed by atoms with van der Waals surface area (Å²) in [4.78, 5) is 14.2. The normalized spacial score (nSPS) is 29.7. The summed E-state index contributed by atoms with van der Waals surface area (Å²) in [6.07, 6.45) is 3.03. The van der Waals surface area contributed by atoms with Crippen LogP contribution in [0.1, 0.15) is 44.6 Å². The van der Waals surface area contributed by atoms with Crippen LogP contribution in [-0.4, -0.2) is 35.6 Å². The van der Waals surface area contributed by atoms with E-state index in [1.165, 1.54) is 5.56 Å². The van der Waals surface area contributed by atoms with Gasteiger partial charge in [0, 0.05) is 19.6 Å². The van der Waals surface area contributed by atoms with Crippen molar-refractivity contribution in [2.45, 2.75) is 39.0 Å². The average molecular weight is 301 g/mol. The minimum atomic E-state index is -0.571. The molecule has 1 saturated carbocycles. The number of hydrogen-bond acceptors (Lipinski definition) is 2. The van der Waals surface area contributed by atoms with Crippen molar-refractivity contribution >= 4 is 5.97 Å². The van der Waals surface area contributed by atoms with Crippen LogP contribution in [0.25, 0.3) is 0 Å². The van der Waals surface area contributed by atoms with Gasteiger partial charge in [0.15, 0.2) is 0 Å². The highest BCUT2D eigenvalue weighted by molar-refractivity contribution is 5.76. The van der Waals surface area contributed by atoms with Gasteiger partial charge in [0.05, 0.1) is 5.41 Å². The third kappa shape index (κ3) is 2.67. The third-order valence-corrected chi connectivity index (χ3v) is 5.85. The predicted octanol–water partition coefficient (Wildman–Crippen LogP) is 3.61. The zero-order valence-electron chi connectivity index (χ0n) is 13.7. The fourth-order valence-electron chi connectivity index (χ4n) is 4.56. The van der Waals surface area contributed by atoms with E-state index in [0.717, 1.165) is 38.9 Å². The SMILES string of the molecule is CC(C)C(CN1C[C@@H]2CCC[C@@]2(C(=O)O)C1)c1ccccc1. The van der Waals surface area contributed by atoms with Gasteiger partial charge < -0.3 is 10.0 Å². The van der Waals surface area contributed by atoms with Crippen molar-refractivity contribution in [3.8, 4) is 0 Å². The maximum absolute atomic E-state index is 11.8. The van der Waals surface area contributed by atoms with Crippen molar-refractivity contribution in [2.75, 3.05) is 19.6 Å². The fraction of sp³-hybridized carbons (Fsp3) is 0.632. The summed E-state index contributed by atoms with van der Waals surface area (Å²) in [6.45, 7) is 7.21. The number of hydrogen-bond donors (Lipinski definition) is 1. The van der Waals surface area contributed by atoms with Crippen LogP contribution in [0.15, 0.2) is 30.3 Å². The van der Waals surface area contributed by atoms with E-state index in [2.05, 4.69) is 49.1 Å². The van der Waals surface area contributed by atoms with Crippen LogP contribution >= 0.6 is 0 Å². The summed E-state index contributed by atoms with van der Waals surface area (Å²) in [5.41, 5.74) is 0.914. The first-order valence-electron chi connectivity index (χ1n) is 8.53. The van der Waals surface area contributed by atoms with E-state index >= 15 is 0 Å². The predicted molar refractivity (Wildman–Crippen MR) is 87.9 cm³/mol. The highest BCUT2D eigenvalue weighted by atomic mass is 16.4. The molecule has 3 rings (SSSR count). The number of likely N-dealkylation sites (tertiary alicyclic amines) is 1. The number of rotatable bonds is 5. The maximum atomic E-state index is 11.8. The quantitative estimate of drug-likeness (QED) is 0.903. The zero-order valence-corrected chi connectivity index (χ0v) is 13.7. The Balaban J connectivity index is 1.74. The van der Waals surface area contributed by atoms with Crippen LogP contribution in [0.3, 0.4) is 0 Å². The van der Waals surface area contributed by atoms with Gasteiger partial charge >= 0.3 is 5.97 Å². The fourth-order valence-corrected chi connectivity index (χ4v) is 4.56. The second-order valence-corrected chi connectivity index (χ2v) is 7.51. The highest BCUT2D eigenvalue weighted by Gasteiger charge is 2.54.